The zero-order chi connectivity index (χ0) is 32.1. The first-order valence-electron chi connectivity index (χ1n) is 13.7. The van der Waals surface area contributed by atoms with E-state index in [9.17, 15) is 23.6 Å². The first kappa shape index (κ1) is 33.4. The van der Waals surface area contributed by atoms with Gasteiger partial charge in [-0.2, -0.15) is 5.10 Å². The predicted octanol–water partition coefficient (Wildman–Crippen LogP) is 2.31. The Morgan fingerprint density at radius 1 is 0.750 bits per heavy atom. The SMILES string of the molecule is Fc1ccc2c(N3CCN(CCN4CCc5ccccc5C4)CC3)n[nH]c2c1.O=C(O)C=CC(=O)O.O=C(O)C=CC(=O)O. The number of aromatic amines is 1. The molecular formula is C30H34FN5O8. The second-order valence-electron chi connectivity index (χ2n) is 9.88. The largest absolute Gasteiger partial charge is 0.478 e. The summed E-state index contributed by atoms with van der Waals surface area (Å²) in [6, 6.07) is 13.7. The van der Waals surface area contributed by atoms with Gasteiger partial charge in [0.2, 0.25) is 0 Å². The molecule has 0 spiro atoms. The van der Waals surface area contributed by atoms with Crippen LogP contribution >= 0.6 is 0 Å². The summed E-state index contributed by atoms with van der Waals surface area (Å²) in [4.78, 5) is 45.6. The number of aliphatic carboxylic acids is 4. The standard InChI is InChI=1S/C22H26FN5.2C4H4O4/c23-19-5-6-20-21(15-19)24-25-22(20)28-13-11-26(12-14-28)9-10-27-8-7-17-3-1-2-4-18(17)16-27;2*5-3(6)1-2-4(7)8/h1-6,15H,7-14,16H2,(H,24,25);2*1-2H,(H,5,6)(H,7,8). The third-order valence-electron chi connectivity index (χ3n) is 6.86. The molecule has 0 aliphatic carbocycles. The van der Waals surface area contributed by atoms with E-state index in [1.165, 1.54) is 23.3 Å². The number of piperazine rings is 1. The summed E-state index contributed by atoms with van der Waals surface area (Å²) >= 11 is 0. The van der Waals surface area contributed by atoms with Gasteiger partial charge in [-0.1, -0.05) is 24.3 Å². The van der Waals surface area contributed by atoms with Gasteiger partial charge >= 0.3 is 23.9 Å². The van der Waals surface area contributed by atoms with Crippen LogP contribution in [0.15, 0.2) is 66.8 Å². The number of nitrogens with one attached hydrogen (secondary N) is 1. The van der Waals surface area contributed by atoms with Gasteiger partial charge in [-0.05, 0) is 35.7 Å². The summed E-state index contributed by atoms with van der Waals surface area (Å²) in [5, 5.41) is 39.6. The highest BCUT2D eigenvalue weighted by molar-refractivity contribution is 5.91. The number of H-pyrrole nitrogens is 1. The summed E-state index contributed by atoms with van der Waals surface area (Å²) in [6.45, 7) is 8.47. The molecule has 0 amide bonds. The van der Waals surface area contributed by atoms with Crippen LogP contribution in [-0.4, -0.2) is 110 Å². The van der Waals surface area contributed by atoms with Gasteiger partial charge in [0.15, 0.2) is 5.82 Å². The molecule has 2 aromatic carbocycles. The molecule has 234 valence electrons. The van der Waals surface area contributed by atoms with E-state index in [0.717, 1.165) is 75.5 Å². The Balaban J connectivity index is 0.000000275. The molecule has 1 fully saturated rings. The predicted molar refractivity (Wildman–Crippen MR) is 159 cm³/mol. The van der Waals surface area contributed by atoms with Crippen LogP contribution in [0.3, 0.4) is 0 Å². The fourth-order valence-corrected chi connectivity index (χ4v) is 4.71. The van der Waals surface area contributed by atoms with E-state index < -0.39 is 23.9 Å². The second-order valence-corrected chi connectivity index (χ2v) is 9.88. The molecule has 5 N–H and O–H groups in total. The van der Waals surface area contributed by atoms with Crippen LogP contribution < -0.4 is 4.90 Å². The molecule has 14 heteroatoms. The molecule has 0 bridgehead atoms. The van der Waals surface area contributed by atoms with Crippen LogP contribution in [0.5, 0.6) is 0 Å². The minimum absolute atomic E-state index is 0.229. The Hall–Kier alpha value is -5.08. The lowest BCUT2D eigenvalue weighted by Crippen LogP contribution is -2.49. The number of halogens is 1. The first-order chi connectivity index (χ1) is 21.0. The molecular weight excluding hydrogens is 577 g/mol. The Kier molecular flexibility index (Phi) is 12.6. The molecule has 0 unspecified atom stereocenters. The van der Waals surface area contributed by atoms with Crippen LogP contribution in [0, 0.1) is 5.82 Å². The number of carbonyl (C=O) groups is 4. The third kappa shape index (κ3) is 11.0. The normalized spacial score (nSPS) is 15.2. The van der Waals surface area contributed by atoms with Gasteiger partial charge in [-0.25, -0.2) is 23.6 Å². The first-order valence-corrected chi connectivity index (χ1v) is 13.7. The van der Waals surface area contributed by atoms with Gasteiger partial charge in [0, 0.05) is 82.0 Å². The minimum atomic E-state index is -1.26. The van der Waals surface area contributed by atoms with Crippen molar-refractivity contribution in [3.8, 4) is 0 Å². The number of nitrogens with zero attached hydrogens (tertiary/aromatic N) is 4. The number of carboxylic acids is 4. The maximum atomic E-state index is 13.4. The number of aromatic nitrogens is 2. The zero-order valence-corrected chi connectivity index (χ0v) is 23.8. The third-order valence-corrected chi connectivity index (χ3v) is 6.86. The van der Waals surface area contributed by atoms with Crippen LogP contribution in [0.2, 0.25) is 0 Å². The summed E-state index contributed by atoms with van der Waals surface area (Å²) in [6.07, 6.45) is 3.39. The highest BCUT2D eigenvalue weighted by Gasteiger charge is 2.22. The van der Waals surface area contributed by atoms with E-state index in [0.29, 0.717) is 24.3 Å². The van der Waals surface area contributed by atoms with Crippen molar-refractivity contribution in [3.63, 3.8) is 0 Å². The number of fused-ring (bicyclic) bond motifs is 2. The van der Waals surface area contributed by atoms with Crippen LogP contribution in [0.1, 0.15) is 11.1 Å². The highest BCUT2D eigenvalue weighted by atomic mass is 19.1. The van der Waals surface area contributed by atoms with Crippen molar-refractivity contribution in [3.05, 3.63) is 83.7 Å². The molecule has 2 aliphatic rings. The van der Waals surface area contributed by atoms with Crippen molar-refractivity contribution in [2.45, 2.75) is 13.0 Å². The van der Waals surface area contributed by atoms with Gasteiger partial charge < -0.3 is 25.3 Å². The molecule has 0 atom stereocenters. The lowest BCUT2D eigenvalue weighted by molar-refractivity contribution is -0.134. The molecule has 1 saturated heterocycles. The van der Waals surface area contributed by atoms with E-state index >= 15 is 0 Å². The quantitative estimate of drug-likeness (QED) is 0.234. The average Bonchev–Trinajstić information content (AvgIpc) is 3.42. The fourth-order valence-electron chi connectivity index (χ4n) is 4.71. The van der Waals surface area contributed by atoms with Gasteiger partial charge in [0.25, 0.3) is 0 Å². The Morgan fingerprint density at radius 3 is 1.86 bits per heavy atom. The lowest BCUT2D eigenvalue weighted by Gasteiger charge is -2.36. The monoisotopic (exact) mass is 611 g/mol. The van der Waals surface area contributed by atoms with Crippen LogP contribution in [0.4, 0.5) is 10.2 Å². The highest BCUT2D eigenvalue weighted by Crippen LogP contribution is 2.25. The Morgan fingerprint density at radius 2 is 1.30 bits per heavy atom. The summed E-state index contributed by atoms with van der Waals surface area (Å²) in [5.74, 6) is -4.31. The summed E-state index contributed by atoms with van der Waals surface area (Å²) < 4.78 is 13.4. The zero-order valence-electron chi connectivity index (χ0n) is 23.8. The van der Waals surface area contributed by atoms with E-state index in [1.54, 1.807) is 0 Å². The number of rotatable bonds is 8. The fraction of sp³-hybridized carbons (Fsp3) is 0.300. The summed E-state index contributed by atoms with van der Waals surface area (Å²) in [7, 11) is 0. The summed E-state index contributed by atoms with van der Waals surface area (Å²) in [5.41, 5.74) is 3.77. The average molecular weight is 612 g/mol. The topological polar surface area (TPSA) is 188 Å². The van der Waals surface area contributed by atoms with Crippen LogP contribution in [0.25, 0.3) is 10.9 Å². The molecule has 2 aliphatic heterocycles. The van der Waals surface area contributed by atoms with Crippen LogP contribution in [-0.2, 0) is 32.1 Å². The van der Waals surface area contributed by atoms with Gasteiger partial charge in [-0.3, -0.25) is 14.9 Å². The lowest BCUT2D eigenvalue weighted by atomic mass is 10.00. The van der Waals surface area contributed by atoms with Crippen molar-refractivity contribution in [2.24, 2.45) is 0 Å². The van der Waals surface area contributed by atoms with Gasteiger partial charge in [0.1, 0.15) is 5.82 Å². The smallest absolute Gasteiger partial charge is 0.328 e. The Bertz CT molecular complexity index is 1450. The second kappa shape index (κ2) is 16.5. The number of hydrogen-bond donors (Lipinski definition) is 5. The van der Waals surface area contributed by atoms with E-state index in [-0.39, 0.29) is 5.82 Å². The molecule has 3 aromatic rings. The minimum Gasteiger partial charge on any atom is -0.478 e. The maximum Gasteiger partial charge on any atom is 0.328 e. The number of hydrogen-bond acceptors (Lipinski definition) is 8. The molecule has 1 aromatic heterocycles. The van der Waals surface area contributed by atoms with E-state index in [1.807, 2.05) is 6.07 Å². The van der Waals surface area contributed by atoms with E-state index in [2.05, 4.69) is 49.2 Å². The number of benzene rings is 2. The molecule has 13 nitrogen and oxygen atoms in total. The molecule has 3 heterocycles. The molecule has 0 radical (unpaired) electrons. The molecule has 0 saturated carbocycles. The van der Waals surface area contributed by atoms with Gasteiger partial charge in [-0.15, -0.1) is 0 Å². The molecule has 5 rings (SSSR count). The van der Waals surface area contributed by atoms with Crippen molar-refractivity contribution in [1.29, 1.82) is 0 Å². The van der Waals surface area contributed by atoms with Crippen molar-refractivity contribution in [1.82, 2.24) is 20.0 Å². The number of carboxylic acid groups (broad SMARTS) is 4. The van der Waals surface area contributed by atoms with Crippen molar-refractivity contribution < 1.29 is 44.0 Å². The van der Waals surface area contributed by atoms with Gasteiger partial charge in [0.05, 0.1) is 5.52 Å². The van der Waals surface area contributed by atoms with Crippen molar-refractivity contribution in [2.75, 3.05) is 50.7 Å². The van der Waals surface area contributed by atoms with E-state index in [4.69, 9.17) is 20.4 Å². The Labute approximate surface area is 252 Å². The maximum absolute atomic E-state index is 13.4. The van der Waals surface area contributed by atoms with Crippen molar-refractivity contribution >= 4 is 40.6 Å². The number of anilines is 1. The molecule has 44 heavy (non-hydrogen) atoms.